The maximum atomic E-state index is 11.0. The van der Waals surface area contributed by atoms with Crippen molar-refractivity contribution in [3.8, 4) is 5.75 Å². The number of aliphatic imine (C=N–C) groups is 1. The van der Waals surface area contributed by atoms with Crippen LogP contribution in [0.15, 0.2) is 59.6 Å². The lowest BCUT2D eigenvalue weighted by atomic mass is 10.2. The standard InChI is InChI=1S/C14H12N2O3/c17-13-9-5-4-8-12(13)14(16(18)19)15-10-11-6-2-1-3-7-11/h1-9,17H,10H2. The molecular formula is C14H12N2O3. The van der Waals surface area contributed by atoms with E-state index in [-0.39, 0.29) is 23.7 Å². The molecular weight excluding hydrogens is 244 g/mol. The highest BCUT2D eigenvalue weighted by Crippen LogP contribution is 2.17. The van der Waals surface area contributed by atoms with Crippen LogP contribution in [0.3, 0.4) is 0 Å². The zero-order chi connectivity index (χ0) is 13.7. The van der Waals surface area contributed by atoms with Gasteiger partial charge in [-0.15, -0.1) is 0 Å². The molecule has 2 rings (SSSR count). The minimum atomic E-state index is -0.585. The number of phenolic OH excluding ortho intramolecular Hbond substituents is 1. The summed E-state index contributed by atoms with van der Waals surface area (Å²) in [4.78, 5) is 14.4. The Kier molecular flexibility index (Phi) is 3.87. The van der Waals surface area contributed by atoms with Crippen LogP contribution in [0.25, 0.3) is 0 Å². The average Bonchev–Trinajstić information content (AvgIpc) is 2.42. The molecule has 0 aliphatic heterocycles. The zero-order valence-electron chi connectivity index (χ0n) is 10.1. The number of rotatable bonds is 3. The highest BCUT2D eigenvalue weighted by atomic mass is 16.6. The molecule has 0 amide bonds. The van der Waals surface area contributed by atoms with E-state index in [1.54, 1.807) is 12.1 Å². The summed E-state index contributed by atoms with van der Waals surface area (Å²) in [7, 11) is 0. The number of hydrogen-bond donors (Lipinski definition) is 1. The first-order valence-electron chi connectivity index (χ1n) is 5.69. The van der Waals surface area contributed by atoms with Gasteiger partial charge in [0.25, 0.3) is 0 Å². The van der Waals surface area contributed by atoms with Crippen molar-refractivity contribution in [2.75, 3.05) is 0 Å². The van der Waals surface area contributed by atoms with E-state index in [1.165, 1.54) is 12.1 Å². The van der Waals surface area contributed by atoms with Crippen molar-refractivity contribution < 1.29 is 10.0 Å². The molecule has 0 aliphatic carbocycles. The van der Waals surface area contributed by atoms with Gasteiger partial charge < -0.3 is 15.2 Å². The van der Waals surface area contributed by atoms with Gasteiger partial charge in [0.2, 0.25) is 0 Å². The average molecular weight is 256 g/mol. The van der Waals surface area contributed by atoms with E-state index in [0.29, 0.717) is 0 Å². The van der Waals surface area contributed by atoms with Gasteiger partial charge in [0, 0.05) is 0 Å². The van der Waals surface area contributed by atoms with Gasteiger partial charge in [0.05, 0.1) is 0 Å². The summed E-state index contributed by atoms with van der Waals surface area (Å²) in [5, 5.41) is 20.7. The molecule has 0 atom stereocenters. The van der Waals surface area contributed by atoms with E-state index in [9.17, 15) is 15.2 Å². The zero-order valence-corrected chi connectivity index (χ0v) is 10.1. The first-order valence-corrected chi connectivity index (χ1v) is 5.69. The normalized spacial score (nSPS) is 11.3. The molecule has 0 aliphatic rings. The molecule has 2 aromatic rings. The topological polar surface area (TPSA) is 75.7 Å². The van der Waals surface area contributed by atoms with Crippen LogP contribution in [0.1, 0.15) is 11.1 Å². The number of amidine groups is 1. The second-order valence-corrected chi connectivity index (χ2v) is 3.90. The molecule has 0 saturated carbocycles. The van der Waals surface area contributed by atoms with Gasteiger partial charge in [-0.1, -0.05) is 47.5 Å². The maximum Gasteiger partial charge on any atom is 0.369 e. The van der Waals surface area contributed by atoms with Crippen molar-refractivity contribution in [3.05, 3.63) is 75.8 Å². The summed E-state index contributed by atoms with van der Waals surface area (Å²) in [6.45, 7) is 0.200. The van der Waals surface area contributed by atoms with Crippen LogP contribution >= 0.6 is 0 Å². The number of aromatic hydroxyl groups is 1. The fourth-order valence-electron chi connectivity index (χ4n) is 1.65. The quantitative estimate of drug-likeness (QED) is 0.397. The summed E-state index contributed by atoms with van der Waals surface area (Å²) in [6, 6.07) is 15.3. The third kappa shape index (κ3) is 3.16. The molecule has 0 fully saturated rings. The molecule has 0 bridgehead atoms. The number of nitro groups is 1. The Morgan fingerprint density at radius 1 is 1.11 bits per heavy atom. The Labute approximate surface area is 110 Å². The van der Waals surface area contributed by atoms with E-state index in [4.69, 9.17) is 0 Å². The van der Waals surface area contributed by atoms with Crippen LogP contribution < -0.4 is 0 Å². The van der Waals surface area contributed by atoms with Crippen LogP contribution in [0.2, 0.25) is 0 Å². The Morgan fingerprint density at radius 2 is 1.74 bits per heavy atom. The lowest BCUT2D eigenvalue weighted by Gasteiger charge is -2.01. The predicted octanol–water partition coefficient (Wildman–Crippen LogP) is 2.62. The SMILES string of the molecule is O=[N+]([O-])C(=NCc1ccccc1)c1ccccc1O. The van der Waals surface area contributed by atoms with Gasteiger partial charge in [-0.3, -0.25) is 0 Å². The van der Waals surface area contributed by atoms with Crippen molar-refractivity contribution in [2.24, 2.45) is 4.99 Å². The Balaban J connectivity index is 2.31. The van der Waals surface area contributed by atoms with Crippen molar-refractivity contribution in [1.29, 1.82) is 0 Å². The van der Waals surface area contributed by atoms with Crippen molar-refractivity contribution in [1.82, 2.24) is 0 Å². The van der Waals surface area contributed by atoms with Gasteiger partial charge in [-0.25, -0.2) is 0 Å². The van der Waals surface area contributed by atoms with E-state index in [0.717, 1.165) is 5.56 Å². The van der Waals surface area contributed by atoms with Crippen LogP contribution in [0.5, 0.6) is 5.75 Å². The molecule has 5 heteroatoms. The number of nitrogens with zero attached hydrogens (tertiary/aromatic N) is 2. The molecule has 5 nitrogen and oxygen atoms in total. The second-order valence-electron chi connectivity index (χ2n) is 3.90. The monoisotopic (exact) mass is 256 g/mol. The van der Waals surface area contributed by atoms with E-state index >= 15 is 0 Å². The molecule has 0 unspecified atom stereocenters. The minimum Gasteiger partial charge on any atom is -0.507 e. The molecule has 96 valence electrons. The number of hydrogen-bond acceptors (Lipinski definition) is 4. The highest BCUT2D eigenvalue weighted by molar-refractivity contribution is 5.95. The van der Waals surface area contributed by atoms with Crippen LogP contribution in [-0.4, -0.2) is 15.9 Å². The summed E-state index contributed by atoms with van der Waals surface area (Å²) < 4.78 is 0. The lowest BCUT2D eigenvalue weighted by Crippen LogP contribution is -2.14. The molecule has 0 aromatic heterocycles. The minimum absolute atomic E-state index is 0.128. The Bertz CT molecular complexity index is 609. The maximum absolute atomic E-state index is 11.0. The first kappa shape index (κ1) is 12.8. The van der Waals surface area contributed by atoms with E-state index < -0.39 is 4.92 Å². The third-order valence-corrected chi connectivity index (χ3v) is 2.57. The van der Waals surface area contributed by atoms with Gasteiger partial charge in [-0.05, 0) is 22.6 Å². The summed E-state index contributed by atoms with van der Waals surface area (Å²) in [5.74, 6) is -0.479. The van der Waals surface area contributed by atoms with Gasteiger partial charge in [-0.2, -0.15) is 0 Å². The fourth-order valence-corrected chi connectivity index (χ4v) is 1.65. The second kappa shape index (κ2) is 5.77. The molecule has 0 spiro atoms. The molecule has 1 N–H and O–H groups in total. The fraction of sp³-hybridized carbons (Fsp3) is 0.0714. The molecule has 0 radical (unpaired) electrons. The Morgan fingerprint density at radius 3 is 2.37 bits per heavy atom. The Hall–Kier alpha value is -2.69. The molecule has 0 saturated heterocycles. The van der Waals surface area contributed by atoms with Crippen molar-refractivity contribution in [2.45, 2.75) is 6.54 Å². The van der Waals surface area contributed by atoms with Gasteiger partial charge in [0.15, 0.2) is 6.54 Å². The summed E-state index contributed by atoms with van der Waals surface area (Å²) in [5.41, 5.74) is 1.00. The van der Waals surface area contributed by atoms with Crippen LogP contribution in [-0.2, 0) is 6.54 Å². The van der Waals surface area contributed by atoms with Gasteiger partial charge >= 0.3 is 5.84 Å². The number of benzene rings is 2. The highest BCUT2D eigenvalue weighted by Gasteiger charge is 2.19. The number of phenols is 1. The van der Waals surface area contributed by atoms with Crippen molar-refractivity contribution >= 4 is 5.84 Å². The first-order chi connectivity index (χ1) is 9.18. The molecule has 2 aromatic carbocycles. The van der Waals surface area contributed by atoms with Crippen molar-refractivity contribution in [3.63, 3.8) is 0 Å². The van der Waals surface area contributed by atoms with Crippen LogP contribution in [0.4, 0.5) is 0 Å². The smallest absolute Gasteiger partial charge is 0.369 e. The number of para-hydroxylation sites is 1. The summed E-state index contributed by atoms with van der Waals surface area (Å²) in [6.07, 6.45) is 0. The predicted molar refractivity (Wildman–Crippen MR) is 71.8 cm³/mol. The molecule has 19 heavy (non-hydrogen) atoms. The lowest BCUT2D eigenvalue weighted by molar-refractivity contribution is -0.349. The van der Waals surface area contributed by atoms with E-state index in [1.807, 2.05) is 30.3 Å². The summed E-state index contributed by atoms with van der Waals surface area (Å²) >= 11 is 0. The van der Waals surface area contributed by atoms with Gasteiger partial charge in [0.1, 0.15) is 11.3 Å². The largest absolute Gasteiger partial charge is 0.507 e. The van der Waals surface area contributed by atoms with Crippen LogP contribution in [0, 0.1) is 10.1 Å². The van der Waals surface area contributed by atoms with E-state index in [2.05, 4.69) is 4.99 Å². The third-order valence-electron chi connectivity index (χ3n) is 2.57. The molecule has 0 heterocycles.